The minimum atomic E-state index is -1.14. The molecule has 8 heteroatoms. The molecule has 2 rings (SSSR count). The van der Waals surface area contributed by atoms with Crippen LogP contribution in [0.5, 0.6) is 0 Å². The molecule has 0 atom stereocenters. The van der Waals surface area contributed by atoms with Gasteiger partial charge < -0.3 is 9.47 Å². The number of carbonyl (C=O) groups excluding carboxylic acids is 2. The standard InChI is InChI=1S/C18H22N4O4/c1-11-13(21-9-7-19-11)17(3,4)25-15(23)16(24)26-18(5,6)14-12(2)20-8-10-22-14/h7-10H,1-6H3. The van der Waals surface area contributed by atoms with Crippen molar-refractivity contribution in [2.75, 3.05) is 0 Å². The Hall–Kier alpha value is -2.90. The van der Waals surface area contributed by atoms with Crippen LogP contribution in [0, 0.1) is 13.8 Å². The smallest absolute Gasteiger partial charge is 0.418 e. The van der Waals surface area contributed by atoms with E-state index in [-0.39, 0.29) is 0 Å². The van der Waals surface area contributed by atoms with Crippen LogP contribution in [0.4, 0.5) is 0 Å². The molecule has 26 heavy (non-hydrogen) atoms. The normalized spacial score (nSPS) is 11.8. The summed E-state index contributed by atoms with van der Waals surface area (Å²) in [4.78, 5) is 41.1. The number of aryl methyl sites for hydroxylation is 2. The average molecular weight is 358 g/mol. The highest BCUT2D eigenvalue weighted by molar-refractivity contribution is 6.29. The van der Waals surface area contributed by atoms with Crippen LogP contribution in [0.25, 0.3) is 0 Å². The van der Waals surface area contributed by atoms with E-state index < -0.39 is 23.1 Å². The predicted octanol–water partition coefficient (Wildman–Crippen LogP) is 2.14. The molecule has 0 aliphatic heterocycles. The van der Waals surface area contributed by atoms with Gasteiger partial charge in [0.25, 0.3) is 0 Å². The average Bonchev–Trinajstić information content (AvgIpc) is 2.54. The SMILES string of the molecule is Cc1nccnc1C(C)(C)OC(=O)C(=O)OC(C)(C)c1nccnc1C. The van der Waals surface area contributed by atoms with E-state index in [1.165, 1.54) is 24.8 Å². The molecule has 2 aromatic rings. The molecule has 0 unspecified atom stereocenters. The zero-order valence-corrected chi connectivity index (χ0v) is 15.7. The van der Waals surface area contributed by atoms with E-state index in [4.69, 9.17) is 9.47 Å². The molecule has 0 saturated heterocycles. The van der Waals surface area contributed by atoms with Crippen LogP contribution in [-0.4, -0.2) is 31.9 Å². The first kappa shape index (κ1) is 19.4. The Labute approximate surface area is 152 Å². The van der Waals surface area contributed by atoms with Crippen molar-refractivity contribution in [3.63, 3.8) is 0 Å². The van der Waals surface area contributed by atoms with Crippen LogP contribution in [-0.2, 0) is 30.3 Å². The number of ether oxygens (including phenoxy) is 2. The van der Waals surface area contributed by atoms with Gasteiger partial charge in [0.1, 0.15) is 11.4 Å². The fourth-order valence-electron chi connectivity index (χ4n) is 2.64. The van der Waals surface area contributed by atoms with Gasteiger partial charge in [-0.25, -0.2) is 9.59 Å². The maximum Gasteiger partial charge on any atom is 0.418 e. The molecule has 8 nitrogen and oxygen atoms in total. The summed E-state index contributed by atoms with van der Waals surface area (Å²) in [6.07, 6.45) is 6.07. The zero-order chi connectivity index (χ0) is 19.5. The van der Waals surface area contributed by atoms with Crippen molar-refractivity contribution in [2.45, 2.75) is 52.7 Å². The number of rotatable bonds is 4. The van der Waals surface area contributed by atoms with Gasteiger partial charge in [0.05, 0.1) is 11.4 Å². The number of hydrogen-bond donors (Lipinski definition) is 0. The van der Waals surface area contributed by atoms with E-state index in [0.29, 0.717) is 22.8 Å². The van der Waals surface area contributed by atoms with E-state index in [2.05, 4.69) is 19.9 Å². The molecule has 0 saturated carbocycles. The van der Waals surface area contributed by atoms with Gasteiger partial charge >= 0.3 is 11.9 Å². The summed E-state index contributed by atoms with van der Waals surface area (Å²) in [6, 6.07) is 0. The Morgan fingerprint density at radius 2 is 1.00 bits per heavy atom. The molecule has 0 fully saturated rings. The van der Waals surface area contributed by atoms with Crippen LogP contribution in [0.1, 0.15) is 50.5 Å². The number of aromatic nitrogens is 4. The van der Waals surface area contributed by atoms with Gasteiger partial charge in [-0.1, -0.05) is 0 Å². The largest absolute Gasteiger partial charge is 0.445 e. The molecular weight excluding hydrogens is 336 g/mol. The van der Waals surface area contributed by atoms with E-state index >= 15 is 0 Å². The van der Waals surface area contributed by atoms with Gasteiger partial charge in [-0.05, 0) is 41.5 Å². The van der Waals surface area contributed by atoms with E-state index in [1.54, 1.807) is 41.5 Å². The highest BCUT2D eigenvalue weighted by Gasteiger charge is 2.36. The predicted molar refractivity (Wildman–Crippen MR) is 91.8 cm³/mol. The van der Waals surface area contributed by atoms with Crippen molar-refractivity contribution in [3.8, 4) is 0 Å². The molecule has 2 heterocycles. The second-order valence-corrected chi connectivity index (χ2v) is 6.78. The second kappa shape index (κ2) is 7.15. The molecule has 0 spiro atoms. The van der Waals surface area contributed by atoms with Crippen molar-refractivity contribution in [2.24, 2.45) is 0 Å². The fourth-order valence-corrected chi connectivity index (χ4v) is 2.64. The molecule has 0 bridgehead atoms. The lowest BCUT2D eigenvalue weighted by Gasteiger charge is -2.27. The molecule has 138 valence electrons. The molecular formula is C18H22N4O4. The van der Waals surface area contributed by atoms with Gasteiger partial charge in [0.15, 0.2) is 11.2 Å². The molecule has 0 aromatic carbocycles. The molecule has 2 aromatic heterocycles. The maximum atomic E-state index is 12.3. The fraction of sp³-hybridized carbons (Fsp3) is 0.444. The lowest BCUT2D eigenvalue weighted by atomic mass is 10.0. The number of esters is 2. The topological polar surface area (TPSA) is 104 Å². The Bertz CT molecular complexity index is 764. The third kappa shape index (κ3) is 4.19. The van der Waals surface area contributed by atoms with E-state index in [0.717, 1.165) is 0 Å². The second-order valence-electron chi connectivity index (χ2n) is 6.78. The van der Waals surface area contributed by atoms with Crippen molar-refractivity contribution < 1.29 is 19.1 Å². The molecule has 0 N–H and O–H groups in total. The monoisotopic (exact) mass is 358 g/mol. The lowest BCUT2D eigenvalue weighted by Crippen LogP contribution is -2.36. The van der Waals surface area contributed by atoms with Crippen molar-refractivity contribution in [3.05, 3.63) is 47.6 Å². The third-order valence-corrected chi connectivity index (χ3v) is 3.77. The quantitative estimate of drug-likeness (QED) is 0.605. The first-order valence-electron chi connectivity index (χ1n) is 8.07. The highest BCUT2D eigenvalue weighted by Crippen LogP contribution is 2.27. The summed E-state index contributed by atoms with van der Waals surface area (Å²) in [7, 11) is 0. The first-order valence-corrected chi connectivity index (χ1v) is 8.07. The Morgan fingerprint density at radius 1 is 0.692 bits per heavy atom. The van der Waals surface area contributed by atoms with E-state index in [9.17, 15) is 9.59 Å². The first-order chi connectivity index (χ1) is 12.0. The van der Waals surface area contributed by atoms with Crippen molar-refractivity contribution in [1.82, 2.24) is 19.9 Å². The molecule has 0 aliphatic carbocycles. The minimum Gasteiger partial charge on any atom is -0.445 e. The van der Waals surface area contributed by atoms with Crippen LogP contribution < -0.4 is 0 Å². The van der Waals surface area contributed by atoms with Crippen LogP contribution in [0.15, 0.2) is 24.8 Å². The van der Waals surface area contributed by atoms with Crippen LogP contribution in [0.2, 0.25) is 0 Å². The number of hydrogen-bond acceptors (Lipinski definition) is 8. The zero-order valence-electron chi connectivity index (χ0n) is 15.7. The van der Waals surface area contributed by atoms with Crippen molar-refractivity contribution >= 4 is 11.9 Å². The van der Waals surface area contributed by atoms with Gasteiger partial charge in [-0.3, -0.25) is 19.9 Å². The van der Waals surface area contributed by atoms with E-state index in [1.807, 2.05) is 0 Å². The van der Waals surface area contributed by atoms with Gasteiger partial charge in [0.2, 0.25) is 0 Å². The molecule has 0 aliphatic rings. The Balaban J connectivity index is 2.14. The third-order valence-electron chi connectivity index (χ3n) is 3.77. The van der Waals surface area contributed by atoms with Crippen LogP contribution >= 0.6 is 0 Å². The summed E-state index contributed by atoms with van der Waals surface area (Å²) in [6.45, 7) is 10.0. The summed E-state index contributed by atoms with van der Waals surface area (Å²) in [5.74, 6) is -2.23. The summed E-state index contributed by atoms with van der Waals surface area (Å²) >= 11 is 0. The Kier molecular flexibility index (Phi) is 5.34. The minimum absolute atomic E-state index is 0.463. The summed E-state index contributed by atoms with van der Waals surface area (Å²) in [5, 5.41) is 0. The number of nitrogens with zero attached hydrogens (tertiary/aromatic N) is 4. The summed E-state index contributed by atoms with van der Waals surface area (Å²) < 4.78 is 10.7. The maximum absolute atomic E-state index is 12.3. The van der Waals surface area contributed by atoms with Gasteiger partial charge in [-0.2, -0.15) is 0 Å². The molecule has 0 amide bonds. The summed E-state index contributed by atoms with van der Waals surface area (Å²) in [5.41, 5.74) is -0.138. The Morgan fingerprint density at radius 3 is 1.31 bits per heavy atom. The van der Waals surface area contributed by atoms with Gasteiger partial charge in [-0.15, -0.1) is 0 Å². The van der Waals surface area contributed by atoms with Crippen LogP contribution in [0.3, 0.4) is 0 Å². The molecule has 0 radical (unpaired) electrons. The lowest BCUT2D eigenvalue weighted by molar-refractivity contribution is -0.184. The van der Waals surface area contributed by atoms with Crippen molar-refractivity contribution in [1.29, 1.82) is 0 Å². The number of carbonyl (C=O) groups is 2. The highest BCUT2D eigenvalue weighted by atomic mass is 16.6. The van der Waals surface area contributed by atoms with Gasteiger partial charge in [0, 0.05) is 24.8 Å².